The summed E-state index contributed by atoms with van der Waals surface area (Å²) < 4.78 is 39.2. The molecule has 146 valence electrons. The molecule has 9 heteroatoms. The maximum Gasteiger partial charge on any atom is 0.309 e. The van der Waals surface area contributed by atoms with E-state index in [4.69, 9.17) is 0 Å². The Morgan fingerprint density at radius 2 is 1.78 bits per heavy atom. The van der Waals surface area contributed by atoms with Crippen LogP contribution in [0.2, 0.25) is 0 Å². The molecule has 1 atom stereocenters. The maximum atomic E-state index is 13.2. The van der Waals surface area contributed by atoms with E-state index in [1.165, 1.54) is 18.2 Å². The van der Waals surface area contributed by atoms with Gasteiger partial charge in [0.15, 0.2) is 9.84 Å². The molecule has 0 saturated heterocycles. The lowest BCUT2D eigenvalue weighted by Gasteiger charge is -2.18. The number of hydrogen-bond donors (Lipinski definition) is 2. The average Bonchev–Trinajstić information content (AvgIpc) is 3.18. The summed E-state index contributed by atoms with van der Waals surface area (Å²) in [6.45, 7) is 2.03. The van der Waals surface area contributed by atoms with Gasteiger partial charge in [-0.25, -0.2) is 12.8 Å². The number of halogens is 1. The summed E-state index contributed by atoms with van der Waals surface area (Å²) in [6.07, 6.45) is 1.61. The lowest BCUT2D eigenvalue weighted by Crippen LogP contribution is -2.42. The van der Waals surface area contributed by atoms with Crippen molar-refractivity contribution in [2.75, 3.05) is 13.1 Å². The molecule has 0 aliphatic heterocycles. The monoisotopic (exact) mass is 412 g/mol. The zero-order valence-corrected chi connectivity index (χ0v) is 16.4. The van der Waals surface area contributed by atoms with Crippen molar-refractivity contribution in [1.82, 2.24) is 10.6 Å². The second kappa shape index (κ2) is 9.61. The molecule has 0 bridgehead atoms. The van der Waals surface area contributed by atoms with Gasteiger partial charge >= 0.3 is 11.8 Å². The number of amides is 2. The Balaban J connectivity index is 2.17. The van der Waals surface area contributed by atoms with Crippen molar-refractivity contribution in [3.8, 4) is 0 Å². The number of sulfone groups is 1. The predicted molar refractivity (Wildman–Crippen MR) is 102 cm³/mol. The summed E-state index contributed by atoms with van der Waals surface area (Å²) in [7, 11) is -3.82. The molecular formula is C18H21FN2O4S2. The SMILES string of the molecule is CCCCNC(=O)C(=O)NC[C@@H](c1ccc(F)cc1)S(=O)(=O)c1cccs1. The van der Waals surface area contributed by atoms with E-state index in [0.29, 0.717) is 12.1 Å². The standard InChI is InChI=1S/C18H21FN2O4S2/c1-2-3-10-20-17(22)18(23)21-12-15(13-6-8-14(19)9-7-13)27(24,25)16-5-4-11-26-16/h4-9,11,15H,2-3,10,12H2,1H3,(H,20,22)(H,21,23)/t15-/m0/s1. The molecule has 27 heavy (non-hydrogen) atoms. The van der Waals surface area contributed by atoms with E-state index in [1.807, 2.05) is 6.92 Å². The Hall–Kier alpha value is -2.26. The van der Waals surface area contributed by atoms with Gasteiger partial charge in [0.2, 0.25) is 0 Å². The number of carbonyl (C=O) groups is 2. The first-order valence-corrected chi connectivity index (χ1v) is 10.9. The van der Waals surface area contributed by atoms with Gasteiger partial charge in [-0.3, -0.25) is 9.59 Å². The number of benzene rings is 1. The predicted octanol–water partition coefficient (Wildman–Crippen LogP) is 2.43. The highest BCUT2D eigenvalue weighted by atomic mass is 32.2. The van der Waals surface area contributed by atoms with E-state index in [0.717, 1.165) is 36.3 Å². The second-order valence-corrected chi connectivity index (χ2v) is 9.14. The lowest BCUT2D eigenvalue weighted by molar-refractivity contribution is -0.139. The van der Waals surface area contributed by atoms with Crippen LogP contribution in [0.4, 0.5) is 4.39 Å². The van der Waals surface area contributed by atoms with Crippen LogP contribution in [0.1, 0.15) is 30.6 Å². The van der Waals surface area contributed by atoms with Gasteiger partial charge in [0.25, 0.3) is 0 Å². The molecule has 1 heterocycles. The first-order chi connectivity index (χ1) is 12.9. The summed E-state index contributed by atoms with van der Waals surface area (Å²) in [4.78, 5) is 23.7. The molecule has 0 unspecified atom stereocenters. The van der Waals surface area contributed by atoms with Crippen LogP contribution in [0, 0.1) is 5.82 Å². The topological polar surface area (TPSA) is 92.3 Å². The van der Waals surface area contributed by atoms with Crippen LogP contribution >= 0.6 is 11.3 Å². The average molecular weight is 413 g/mol. The third kappa shape index (κ3) is 5.61. The number of rotatable bonds is 8. The van der Waals surface area contributed by atoms with Crippen molar-refractivity contribution in [3.63, 3.8) is 0 Å². The van der Waals surface area contributed by atoms with E-state index >= 15 is 0 Å². The molecule has 0 fully saturated rings. The van der Waals surface area contributed by atoms with E-state index in [9.17, 15) is 22.4 Å². The molecule has 0 radical (unpaired) electrons. The minimum absolute atomic E-state index is 0.137. The van der Waals surface area contributed by atoms with E-state index in [2.05, 4.69) is 10.6 Å². The van der Waals surface area contributed by atoms with Crippen LogP contribution in [0.25, 0.3) is 0 Å². The number of hydrogen-bond acceptors (Lipinski definition) is 5. The fourth-order valence-corrected chi connectivity index (χ4v) is 5.24. The van der Waals surface area contributed by atoms with Crippen molar-refractivity contribution in [2.24, 2.45) is 0 Å². The zero-order valence-electron chi connectivity index (χ0n) is 14.8. The highest BCUT2D eigenvalue weighted by Gasteiger charge is 2.31. The summed E-state index contributed by atoms with van der Waals surface area (Å²) in [5.41, 5.74) is 0.330. The van der Waals surface area contributed by atoms with Crippen LogP contribution in [-0.2, 0) is 19.4 Å². The molecule has 0 spiro atoms. The van der Waals surface area contributed by atoms with Crippen LogP contribution in [-0.4, -0.2) is 33.3 Å². The number of nitrogens with one attached hydrogen (secondary N) is 2. The summed E-state index contributed by atoms with van der Waals surface area (Å²) in [5, 5.41) is 5.34. The van der Waals surface area contributed by atoms with Crippen molar-refractivity contribution < 1.29 is 22.4 Å². The van der Waals surface area contributed by atoms with Crippen molar-refractivity contribution in [2.45, 2.75) is 29.2 Å². The largest absolute Gasteiger partial charge is 0.348 e. The normalized spacial score (nSPS) is 12.4. The van der Waals surface area contributed by atoms with Crippen molar-refractivity contribution in [3.05, 3.63) is 53.2 Å². The maximum absolute atomic E-state index is 13.2. The van der Waals surface area contributed by atoms with Gasteiger partial charge in [-0.05, 0) is 35.6 Å². The van der Waals surface area contributed by atoms with Crippen LogP contribution in [0.5, 0.6) is 0 Å². The minimum atomic E-state index is -3.82. The highest BCUT2D eigenvalue weighted by molar-refractivity contribution is 7.93. The van der Waals surface area contributed by atoms with E-state index < -0.39 is 32.7 Å². The van der Waals surface area contributed by atoms with Gasteiger partial charge in [0.1, 0.15) is 15.3 Å². The van der Waals surface area contributed by atoms with Crippen LogP contribution in [0.3, 0.4) is 0 Å². The zero-order chi connectivity index (χ0) is 19.9. The first kappa shape index (κ1) is 21.0. The Morgan fingerprint density at radius 3 is 2.37 bits per heavy atom. The molecule has 2 amide bonds. The fraction of sp³-hybridized carbons (Fsp3) is 0.333. The first-order valence-electron chi connectivity index (χ1n) is 8.45. The van der Waals surface area contributed by atoms with Gasteiger partial charge in [0.05, 0.1) is 0 Å². The molecule has 0 aliphatic carbocycles. The Bertz CT molecular complexity index is 865. The minimum Gasteiger partial charge on any atom is -0.348 e. The molecule has 6 nitrogen and oxygen atoms in total. The van der Waals surface area contributed by atoms with Crippen molar-refractivity contribution in [1.29, 1.82) is 0 Å². The highest BCUT2D eigenvalue weighted by Crippen LogP contribution is 2.31. The Labute approximate surface area is 161 Å². The van der Waals surface area contributed by atoms with E-state index in [-0.39, 0.29) is 10.8 Å². The summed E-state index contributed by atoms with van der Waals surface area (Å²) >= 11 is 1.06. The van der Waals surface area contributed by atoms with E-state index in [1.54, 1.807) is 11.4 Å². The van der Waals surface area contributed by atoms with Crippen molar-refractivity contribution >= 4 is 33.0 Å². The lowest BCUT2D eigenvalue weighted by atomic mass is 10.1. The number of thiophene rings is 1. The summed E-state index contributed by atoms with van der Waals surface area (Å²) in [6, 6.07) is 8.11. The summed E-state index contributed by atoms with van der Waals surface area (Å²) in [5.74, 6) is -2.21. The Kier molecular flexibility index (Phi) is 7.49. The second-order valence-electron chi connectivity index (χ2n) is 5.84. The van der Waals surface area contributed by atoms with Crippen LogP contribution < -0.4 is 10.6 Å². The molecule has 1 aromatic carbocycles. The molecule has 0 saturated carbocycles. The molecular weight excluding hydrogens is 391 g/mol. The van der Waals surface area contributed by atoms with Gasteiger partial charge in [-0.2, -0.15) is 0 Å². The van der Waals surface area contributed by atoms with Gasteiger partial charge in [-0.1, -0.05) is 31.5 Å². The molecule has 2 rings (SSSR count). The van der Waals surface area contributed by atoms with Gasteiger partial charge in [-0.15, -0.1) is 11.3 Å². The molecule has 2 N–H and O–H groups in total. The number of unbranched alkanes of at least 4 members (excludes halogenated alkanes) is 1. The third-order valence-corrected chi connectivity index (χ3v) is 7.39. The van der Waals surface area contributed by atoms with Gasteiger partial charge < -0.3 is 10.6 Å². The number of carbonyl (C=O) groups excluding carboxylic acids is 2. The third-order valence-electron chi connectivity index (χ3n) is 3.86. The molecule has 1 aromatic heterocycles. The Morgan fingerprint density at radius 1 is 1.11 bits per heavy atom. The molecule has 2 aromatic rings. The smallest absolute Gasteiger partial charge is 0.309 e. The molecule has 0 aliphatic rings. The fourth-order valence-electron chi connectivity index (χ4n) is 2.37. The van der Waals surface area contributed by atoms with Gasteiger partial charge in [0, 0.05) is 13.1 Å². The van der Waals surface area contributed by atoms with Crippen LogP contribution in [0.15, 0.2) is 46.0 Å². The quantitative estimate of drug-likeness (QED) is 0.515.